The third kappa shape index (κ3) is 9.34. The molecule has 2 N–H and O–H groups in total. The molecule has 6 heteroatoms. The van der Waals surface area contributed by atoms with Crippen LogP contribution >= 0.6 is 10.9 Å². The van der Waals surface area contributed by atoms with Crippen molar-refractivity contribution in [3.05, 3.63) is 90.3 Å². The number of likely N-dealkylation sites (tertiary alicyclic amines) is 1. The highest BCUT2D eigenvalue weighted by Crippen LogP contribution is 2.38. The van der Waals surface area contributed by atoms with Crippen LogP contribution in [0.25, 0.3) is 16.6 Å². The maximum Gasteiger partial charge on any atom is 0.0490 e. The van der Waals surface area contributed by atoms with Crippen molar-refractivity contribution in [2.75, 3.05) is 34.2 Å². The number of rotatable bonds is 11. The Morgan fingerprint density at radius 2 is 1.74 bits per heavy atom. The Kier molecular flexibility index (Phi) is 12.6. The van der Waals surface area contributed by atoms with Crippen molar-refractivity contribution in [1.82, 2.24) is 23.8 Å². The first-order chi connectivity index (χ1) is 20.8. The van der Waals surface area contributed by atoms with Gasteiger partial charge < -0.3 is 19.5 Å². The van der Waals surface area contributed by atoms with Gasteiger partial charge in [0.15, 0.2) is 0 Å². The van der Waals surface area contributed by atoms with Gasteiger partial charge in [-0.2, -0.15) is 0 Å². The predicted molar refractivity (Wildman–Crippen MR) is 192 cm³/mol. The van der Waals surface area contributed by atoms with Crippen LogP contribution < -0.4 is 10.0 Å². The maximum atomic E-state index is 4.33. The molecule has 2 aromatic carbocycles. The molecule has 1 aliphatic carbocycles. The molecule has 0 amide bonds. The predicted octanol–water partition coefficient (Wildman–Crippen LogP) is 8.10. The van der Waals surface area contributed by atoms with E-state index >= 15 is 0 Å². The highest BCUT2D eigenvalue weighted by Gasteiger charge is 2.22. The summed E-state index contributed by atoms with van der Waals surface area (Å²) >= 11 is 0. The average Bonchev–Trinajstić information content (AvgIpc) is 3.37. The summed E-state index contributed by atoms with van der Waals surface area (Å²) in [5.74, 6) is 4.86. The number of nitrogens with one attached hydrogen (secondary N) is 2. The normalized spacial score (nSPS) is 17.6. The Hall–Kier alpha value is -2.80. The van der Waals surface area contributed by atoms with E-state index in [0.717, 1.165) is 24.2 Å². The van der Waals surface area contributed by atoms with E-state index in [-0.39, 0.29) is 16.9 Å². The molecular weight excluding hydrogens is 547 g/mol. The first-order valence-electron chi connectivity index (χ1n) is 16.2. The first kappa shape index (κ1) is 33.1. The molecule has 3 aromatic rings. The van der Waals surface area contributed by atoms with E-state index in [1.165, 1.54) is 92.0 Å². The van der Waals surface area contributed by atoms with Crippen molar-refractivity contribution in [2.24, 2.45) is 0 Å². The molecule has 234 valence electrons. The van der Waals surface area contributed by atoms with E-state index in [0.29, 0.717) is 5.92 Å². The molecule has 1 saturated carbocycles. The SMILES string of the molecule is C=CNC(Cc1ccccc1C)Cn1cc(C2CCCCC2)c2ccc(C(=C)NS(=C)N(C)C)cc21.CN1CCCCC1. The summed E-state index contributed by atoms with van der Waals surface area (Å²) in [6.07, 6.45) is 16.1. The van der Waals surface area contributed by atoms with Crippen LogP contribution in [0.4, 0.5) is 0 Å². The number of fused-ring (bicyclic) bond motifs is 1. The van der Waals surface area contributed by atoms with Crippen molar-refractivity contribution in [3.8, 4) is 0 Å². The second kappa shape index (κ2) is 16.3. The first-order valence-corrected chi connectivity index (χ1v) is 17.5. The van der Waals surface area contributed by atoms with Gasteiger partial charge in [-0.15, -0.1) is 0 Å². The van der Waals surface area contributed by atoms with E-state index in [1.54, 1.807) is 0 Å². The number of aromatic nitrogens is 1. The maximum absolute atomic E-state index is 4.33. The molecule has 0 spiro atoms. The van der Waals surface area contributed by atoms with Gasteiger partial charge in [0.05, 0.1) is 0 Å². The Morgan fingerprint density at radius 3 is 2.37 bits per heavy atom. The zero-order valence-corrected chi connectivity index (χ0v) is 28.0. The minimum atomic E-state index is -0.321. The molecular formula is C37H55N5S. The fourth-order valence-electron chi connectivity index (χ4n) is 6.43. The van der Waals surface area contributed by atoms with Gasteiger partial charge in [0.2, 0.25) is 0 Å². The Morgan fingerprint density at radius 1 is 1.05 bits per heavy atom. The molecule has 43 heavy (non-hydrogen) atoms. The smallest absolute Gasteiger partial charge is 0.0490 e. The fraction of sp³-hybridized carbons (Fsp3) is 0.486. The Balaban J connectivity index is 0.000000530. The van der Waals surface area contributed by atoms with Crippen molar-refractivity contribution in [3.63, 3.8) is 0 Å². The molecule has 2 aliphatic rings. The van der Waals surface area contributed by atoms with Gasteiger partial charge in [-0.3, -0.25) is 0 Å². The van der Waals surface area contributed by atoms with Crippen LogP contribution in [0.2, 0.25) is 0 Å². The summed E-state index contributed by atoms with van der Waals surface area (Å²) < 4.78 is 8.00. The number of hydrogen-bond acceptors (Lipinski definition) is 4. The van der Waals surface area contributed by atoms with E-state index in [9.17, 15) is 0 Å². The minimum Gasteiger partial charge on any atom is -0.386 e. The third-order valence-corrected chi connectivity index (χ3v) is 10.4. The zero-order chi connectivity index (χ0) is 30.8. The van der Waals surface area contributed by atoms with Crippen molar-refractivity contribution in [2.45, 2.75) is 83.2 Å². The van der Waals surface area contributed by atoms with Gasteiger partial charge in [-0.1, -0.05) is 75.2 Å². The van der Waals surface area contributed by atoms with Crippen LogP contribution in [0, 0.1) is 6.92 Å². The number of aryl methyl sites for hydroxylation is 1. The van der Waals surface area contributed by atoms with Gasteiger partial charge in [-0.05, 0) is 130 Å². The van der Waals surface area contributed by atoms with Gasteiger partial charge in [0, 0.05) is 35.4 Å². The van der Waals surface area contributed by atoms with Crippen LogP contribution in [0.1, 0.15) is 79.5 Å². The Labute approximate surface area is 264 Å². The van der Waals surface area contributed by atoms with Gasteiger partial charge in [0.1, 0.15) is 0 Å². The summed E-state index contributed by atoms with van der Waals surface area (Å²) in [7, 11) is 5.93. The quantitative estimate of drug-likeness (QED) is 0.218. The number of piperidine rings is 1. The Bertz CT molecular complexity index is 1360. The molecule has 1 aliphatic heterocycles. The molecule has 5 nitrogen and oxygen atoms in total. The molecule has 1 saturated heterocycles. The molecule has 2 unspecified atom stereocenters. The van der Waals surface area contributed by atoms with Gasteiger partial charge in [-0.25, -0.2) is 4.31 Å². The minimum absolute atomic E-state index is 0.253. The van der Waals surface area contributed by atoms with Gasteiger partial charge >= 0.3 is 0 Å². The summed E-state index contributed by atoms with van der Waals surface area (Å²) in [4.78, 5) is 2.39. The fourth-order valence-corrected chi connectivity index (χ4v) is 7.01. The molecule has 2 atom stereocenters. The molecule has 1 aromatic heterocycles. The van der Waals surface area contributed by atoms with Crippen molar-refractivity contribution in [1.29, 1.82) is 0 Å². The lowest BCUT2D eigenvalue weighted by atomic mass is 9.84. The monoisotopic (exact) mass is 601 g/mol. The summed E-state index contributed by atoms with van der Waals surface area (Å²) in [5.41, 5.74) is 7.54. The molecule has 2 heterocycles. The average molecular weight is 602 g/mol. The zero-order valence-electron chi connectivity index (χ0n) is 27.2. The van der Waals surface area contributed by atoms with Crippen LogP contribution in [0.5, 0.6) is 0 Å². The van der Waals surface area contributed by atoms with E-state index < -0.39 is 0 Å². The molecule has 5 rings (SSSR count). The van der Waals surface area contributed by atoms with E-state index in [4.69, 9.17) is 0 Å². The highest BCUT2D eigenvalue weighted by molar-refractivity contribution is 8.10. The van der Waals surface area contributed by atoms with Crippen LogP contribution in [-0.4, -0.2) is 59.9 Å². The number of benzene rings is 2. The largest absolute Gasteiger partial charge is 0.386 e. The highest BCUT2D eigenvalue weighted by atomic mass is 32.2. The van der Waals surface area contributed by atoms with Crippen LogP contribution in [0.3, 0.4) is 0 Å². The standard InChI is InChI=1S/C31H42N4S.C6H13N/c1-7-32-28(19-26-16-12-11-13-23(26)2)21-35-22-30(25-14-9-8-10-15-25)29-18-17-27(20-31(29)35)24(3)33-36(6)34(4)5;1-7-5-3-2-4-6-7/h7,11-13,16-18,20,22,25,28,32-33H,1,3,6,8-10,14-15,19,21H2,2,4-5H3;2-6H2,1H3. The van der Waals surface area contributed by atoms with Crippen LogP contribution in [0.15, 0.2) is 68.0 Å². The lowest BCUT2D eigenvalue weighted by Gasteiger charge is -2.21. The molecule has 0 radical (unpaired) electrons. The topological polar surface area (TPSA) is 35.5 Å². The second-order valence-corrected chi connectivity index (χ2v) is 14.3. The lowest BCUT2D eigenvalue weighted by molar-refractivity contribution is 0.277. The summed E-state index contributed by atoms with van der Waals surface area (Å²) in [6.45, 7) is 14.0. The number of nitrogens with zero attached hydrogens (tertiary/aromatic N) is 3. The van der Waals surface area contributed by atoms with Crippen molar-refractivity contribution < 1.29 is 0 Å². The number of hydrogen-bond donors (Lipinski definition) is 2. The molecule has 2 fully saturated rings. The second-order valence-electron chi connectivity index (χ2n) is 12.6. The summed E-state index contributed by atoms with van der Waals surface area (Å²) in [5, 5.41) is 4.92. The van der Waals surface area contributed by atoms with E-state index in [1.807, 2.05) is 20.3 Å². The van der Waals surface area contributed by atoms with Crippen LogP contribution in [-0.2, 0) is 13.0 Å². The van der Waals surface area contributed by atoms with E-state index in [2.05, 4.69) is 105 Å². The molecule has 0 bridgehead atoms. The van der Waals surface area contributed by atoms with Crippen molar-refractivity contribution >= 4 is 33.3 Å². The summed E-state index contributed by atoms with van der Waals surface area (Å²) in [6, 6.07) is 15.8. The lowest BCUT2D eigenvalue weighted by Crippen LogP contribution is -2.31. The third-order valence-electron chi connectivity index (χ3n) is 9.07. The van der Waals surface area contributed by atoms with Gasteiger partial charge in [0.25, 0.3) is 0 Å².